The molecule has 5 nitrogen and oxygen atoms in total. The van der Waals surface area contributed by atoms with Crippen molar-refractivity contribution in [3.05, 3.63) is 0 Å². The number of ketones is 1. The molecule has 0 unspecified atom stereocenters. The Morgan fingerprint density at radius 2 is 2.07 bits per heavy atom. The minimum atomic E-state index is -0.668. The van der Waals surface area contributed by atoms with Crippen LogP contribution in [0.4, 0.5) is 4.79 Å². The van der Waals surface area contributed by atoms with Gasteiger partial charge >= 0.3 is 12.1 Å². The van der Waals surface area contributed by atoms with Crippen molar-refractivity contribution in [1.82, 2.24) is 4.90 Å². The number of rotatable bonds is 0. The summed E-state index contributed by atoms with van der Waals surface area (Å²) in [7, 11) is 0. The average Bonchev–Trinajstić information content (AvgIpc) is 2.27. The maximum atomic E-state index is 11.7. The molecule has 82 valence electrons. The summed E-state index contributed by atoms with van der Waals surface area (Å²) in [6, 6.07) is -0.613. The van der Waals surface area contributed by atoms with Crippen LogP contribution < -0.4 is 0 Å². The van der Waals surface area contributed by atoms with E-state index in [4.69, 9.17) is 0 Å². The van der Waals surface area contributed by atoms with E-state index in [-0.39, 0.29) is 18.2 Å². The Morgan fingerprint density at radius 3 is 2.80 bits per heavy atom. The average molecular weight is 211 g/mol. The predicted molar refractivity (Wildman–Crippen MR) is 50.1 cm³/mol. The second-order valence-electron chi connectivity index (χ2n) is 4.07. The lowest BCUT2D eigenvalue weighted by Crippen LogP contribution is -2.53. The van der Waals surface area contributed by atoms with Crippen LogP contribution in [0.15, 0.2) is 0 Å². The molecule has 2 heterocycles. The monoisotopic (exact) mass is 211 g/mol. The fourth-order valence-corrected chi connectivity index (χ4v) is 2.21. The molecule has 0 saturated carbocycles. The summed E-state index contributed by atoms with van der Waals surface area (Å²) in [6.45, 7) is 1.88. The smallest absolute Gasteiger partial charge is 0.376 e. The van der Waals surface area contributed by atoms with Gasteiger partial charge in [0.25, 0.3) is 0 Å². The van der Waals surface area contributed by atoms with E-state index in [1.165, 1.54) is 4.90 Å². The maximum Gasteiger partial charge on any atom is 0.418 e. The maximum absolute atomic E-state index is 11.7. The van der Waals surface area contributed by atoms with E-state index in [0.29, 0.717) is 6.42 Å². The second kappa shape index (κ2) is 3.64. The molecule has 1 amide bonds. The standard InChI is InChI=1S/C10H13NO4/c1-6-3-2-4-8(12)7-5-9(13)15-10(14)11(6)7/h6-7H,2-5H2,1H3/t6-,7-/m0/s1. The zero-order chi connectivity index (χ0) is 11.0. The Kier molecular flexibility index (Phi) is 2.46. The van der Waals surface area contributed by atoms with Crippen molar-refractivity contribution in [2.24, 2.45) is 0 Å². The van der Waals surface area contributed by atoms with Crippen molar-refractivity contribution >= 4 is 17.8 Å². The van der Waals surface area contributed by atoms with Gasteiger partial charge in [0, 0.05) is 12.5 Å². The van der Waals surface area contributed by atoms with Crippen LogP contribution >= 0.6 is 0 Å². The van der Waals surface area contributed by atoms with Crippen molar-refractivity contribution in [2.45, 2.75) is 44.7 Å². The number of carbonyl (C=O) groups is 3. The third-order valence-electron chi connectivity index (χ3n) is 3.00. The van der Waals surface area contributed by atoms with E-state index in [9.17, 15) is 14.4 Å². The molecule has 0 aromatic heterocycles. The molecule has 2 aliphatic heterocycles. The van der Waals surface area contributed by atoms with Gasteiger partial charge in [-0.2, -0.15) is 0 Å². The number of hydrogen-bond acceptors (Lipinski definition) is 4. The van der Waals surface area contributed by atoms with Crippen LogP contribution in [0, 0.1) is 0 Å². The first-order valence-corrected chi connectivity index (χ1v) is 5.15. The molecule has 2 rings (SSSR count). The Bertz CT molecular complexity index is 325. The zero-order valence-electron chi connectivity index (χ0n) is 8.56. The van der Waals surface area contributed by atoms with Gasteiger partial charge in [0.1, 0.15) is 6.04 Å². The van der Waals surface area contributed by atoms with E-state index in [0.717, 1.165) is 12.8 Å². The first-order chi connectivity index (χ1) is 7.09. The quantitative estimate of drug-likeness (QED) is 0.440. The molecule has 0 aromatic rings. The molecule has 0 N–H and O–H groups in total. The number of fused-ring (bicyclic) bond motifs is 1. The molecule has 2 fully saturated rings. The van der Waals surface area contributed by atoms with Crippen LogP contribution in [-0.2, 0) is 14.3 Å². The summed E-state index contributed by atoms with van der Waals surface area (Å²) in [6.07, 6.45) is 1.35. The normalized spacial score (nSPS) is 32.1. The van der Waals surface area contributed by atoms with Crippen molar-refractivity contribution in [2.75, 3.05) is 0 Å². The van der Waals surface area contributed by atoms with E-state index in [2.05, 4.69) is 4.74 Å². The lowest BCUT2D eigenvalue weighted by atomic mass is 10.0. The highest BCUT2D eigenvalue weighted by atomic mass is 16.6. The zero-order valence-corrected chi connectivity index (χ0v) is 8.56. The van der Waals surface area contributed by atoms with E-state index in [1.807, 2.05) is 6.92 Å². The van der Waals surface area contributed by atoms with Gasteiger partial charge in [0.05, 0.1) is 6.42 Å². The largest absolute Gasteiger partial charge is 0.418 e. The molecule has 2 saturated heterocycles. The molecule has 0 aliphatic carbocycles. The molecule has 15 heavy (non-hydrogen) atoms. The highest BCUT2D eigenvalue weighted by molar-refractivity contribution is 5.97. The van der Waals surface area contributed by atoms with Crippen molar-refractivity contribution in [1.29, 1.82) is 0 Å². The third kappa shape index (κ3) is 1.73. The molecule has 0 radical (unpaired) electrons. The first kappa shape index (κ1) is 10.1. The third-order valence-corrected chi connectivity index (χ3v) is 3.00. The van der Waals surface area contributed by atoms with Gasteiger partial charge in [-0.15, -0.1) is 0 Å². The van der Waals surface area contributed by atoms with Crippen LogP contribution in [0.2, 0.25) is 0 Å². The van der Waals surface area contributed by atoms with Gasteiger partial charge in [0.15, 0.2) is 5.78 Å². The van der Waals surface area contributed by atoms with E-state index >= 15 is 0 Å². The topological polar surface area (TPSA) is 63.7 Å². The van der Waals surface area contributed by atoms with Gasteiger partial charge in [0.2, 0.25) is 0 Å². The van der Waals surface area contributed by atoms with Gasteiger partial charge in [-0.25, -0.2) is 4.79 Å². The fourth-order valence-electron chi connectivity index (χ4n) is 2.21. The van der Waals surface area contributed by atoms with Gasteiger partial charge in [-0.1, -0.05) is 0 Å². The van der Waals surface area contributed by atoms with Gasteiger partial charge < -0.3 is 4.74 Å². The highest BCUT2D eigenvalue weighted by Gasteiger charge is 2.42. The summed E-state index contributed by atoms with van der Waals surface area (Å²) in [5.41, 5.74) is 0. The number of hydrogen-bond donors (Lipinski definition) is 0. The lowest BCUT2D eigenvalue weighted by molar-refractivity contribution is -0.148. The summed E-state index contributed by atoms with van der Waals surface area (Å²) < 4.78 is 4.53. The van der Waals surface area contributed by atoms with Gasteiger partial charge in [-0.05, 0) is 19.8 Å². The molecule has 2 aliphatic rings. The molecular weight excluding hydrogens is 198 g/mol. The van der Waals surface area contributed by atoms with Crippen LogP contribution in [0.5, 0.6) is 0 Å². The van der Waals surface area contributed by atoms with Crippen LogP contribution in [0.1, 0.15) is 32.6 Å². The Morgan fingerprint density at radius 1 is 1.33 bits per heavy atom. The molecule has 5 heteroatoms. The van der Waals surface area contributed by atoms with Crippen LogP contribution in [0.25, 0.3) is 0 Å². The number of amides is 1. The van der Waals surface area contributed by atoms with Crippen molar-refractivity contribution in [3.8, 4) is 0 Å². The molecule has 0 spiro atoms. The number of esters is 1. The summed E-state index contributed by atoms with van der Waals surface area (Å²) in [5, 5.41) is 0. The Labute approximate surface area is 87.4 Å². The van der Waals surface area contributed by atoms with Crippen LogP contribution in [0.3, 0.4) is 0 Å². The summed E-state index contributed by atoms with van der Waals surface area (Å²) in [5.74, 6) is -0.618. The lowest BCUT2D eigenvalue weighted by Gasteiger charge is -2.35. The van der Waals surface area contributed by atoms with E-state index in [1.54, 1.807) is 0 Å². The summed E-state index contributed by atoms with van der Waals surface area (Å²) in [4.78, 5) is 35.6. The predicted octanol–water partition coefficient (Wildman–Crippen LogP) is 0.865. The minimum absolute atomic E-state index is 0.00884. The van der Waals surface area contributed by atoms with Crippen molar-refractivity contribution < 1.29 is 19.1 Å². The van der Waals surface area contributed by atoms with Crippen LogP contribution in [-0.4, -0.2) is 34.8 Å². The number of carbonyl (C=O) groups excluding carboxylic acids is 3. The Hall–Kier alpha value is -1.39. The molecular formula is C10H13NO4. The number of Topliss-reactive ketones (excluding diaryl/α,β-unsaturated/α-hetero) is 1. The second-order valence-corrected chi connectivity index (χ2v) is 4.07. The number of nitrogens with zero attached hydrogens (tertiary/aromatic N) is 1. The van der Waals surface area contributed by atoms with Crippen molar-refractivity contribution in [3.63, 3.8) is 0 Å². The minimum Gasteiger partial charge on any atom is -0.376 e. The highest BCUT2D eigenvalue weighted by Crippen LogP contribution is 2.25. The molecule has 0 aromatic carbocycles. The van der Waals surface area contributed by atoms with E-state index < -0.39 is 18.1 Å². The molecule has 0 bridgehead atoms. The first-order valence-electron chi connectivity index (χ1n) is 5.15. The molecule has 2 atom stereocenters. The SMILES string of the molecule is C[C@H]1CCCC(=O)[C@@H]2CC(=O)OC(=O)N12. The van der Waals surface area contributed by atoms with Gasteiger partial charge in [-0.3, -0.25) is 14.5 Å². The Balaban J connectivity index is 2.29. The summed E-state index contributed by atoms with van der Waals surface area (Å²) >= 11 is 0. The fraction of sp³-hybridized carbons (Fsp3) is 0.700. The number of cyclic esters (lactones) is 2. The number of ether oxygens (including phenoxy) is 1.